The number of benzene rings is 2. The summed E-state index contributed by atoms with van der Waals surface area (Å²) in [4.78, 5) is 12.7. The van der Waals surface area contributed by atoms with Gasteiger partial charge in [0.15, 0.2) is 0 Å². The number of nitrogens with zero attached hydrogens (tertiary/aromatic N) is 2. The van der Waals surface area contributed by atoms with Gasteiger partial charge in [-0.2, -0.15) is 23.4 Å². The number of carbonyl (C=O) groups excluding carboxylic acids is 1. The number of amides is 1. The summed E-state index contributed by atoms with van der Waals surface area (Å²) >= 11 is 0. The van der Waals surface area contributed by atoms with Gasteiger partial charge in [0.1, 0.15) is 0 Å². The van der Waals surface area contributed by atoms with E-state index in [1.165, 1.54) is 43.6 Å². The third kappa shape index (κ3) is 5.59. The summed E-state index contributed by atoms with van der Waals surface area (Å²) < 4.78 is 64.9. The van der Waals surface area contributed by atoms with Gasteiger partial charge in [0.05, 0.1) is 33.9 Å². The molecule has 3 aromatic rings. The van der Waals surface area contributed by atoms with Crippen molar-refractivity contribution in [1.29, 1.82) is 0 Å². The molecule has 168 valence electrons. The molecule has 1 heterocycles. The highest BCUT2D eigenvalue weighted by Crippen LogP contribution is 2.31. The average molecular weight is 465 g/mol. The Labute approximate surface area is 181 Å². The first-order chi connectivity index (χ1) is 15.1. The minimum atomic E-state index is -4.48. The second kappa shape index (κ2) is 9.32. The van der Waals surface area contributed by atoms with Crippen LogP contribution < -0.4 is 15.4 Å². The summed E-state index contributed by atoms with van der Waals surface area (Å²) in [5.74, 6) is -0.613. The van der Waals surface area contributed by atoms with Gasteiger partial charge in [-0.05, 0) is 61.6 Å². The Hall–Kier alpha value is -3.51. The highest BCUT2D eigenvalue weighted by atomic mass is 32.2. The van der Waals surface area contributed by atoms with Gasteiger partial charge in [-0.25, -0.2) is 13.1 Å². The van der Waals surface area contributed by atoms with Crippen LogP contribution in [0.25, 0.3) is 0 Å². The fourth-order valence-corrected chi connectivity index (χ4v) is 3.45. The van der Waals surface area contributed by atoms with Crippen LogP contribution in [-0.2, 0) is 22.7 Å². The summed E-state index contributed by atoms with van der Waals surface area (Å²) in [5, 5.41) is 13.0. The first-order valence-electron chi connectivity index (χ1n) is 9.17. The minimum Gasteiger partial charge on any atom is -0.355 e. The van der Waals surface area contributed by atoms with E-state index in [4.69, 9.17) is 0 Å². The van der Waals surface area contributed by atoms with E-state index in [0.29, 0.717) is 5.69 Å². The summed E-state index contributed by atoms with van der Waals surface area (Å²) in [6.45, 7) is 0.0371. The zero-order chi connectivity index (χ0) is 23.4. The third-order valence-corrected chi connectivity index (χ3v) is 5.78. The maximum absolute atomic E-state index is 12.8. The molecule has 0 spiro atoms. The van der Waals surface area contributed by atoms with Gasteiger partial charge < -0.3 is 10.6 Å². The first-order valence-corrected chi connectivity index (χ1v) is 10.6. The van der Waals surface area contributed by atoms with Crippen LogP contribution in [0.5, 0.6) is 0 Å². The van der Waals surface area contributed by atoms with Crippen molar-refractivity contribution < 1.29 is 26.4 Å². The van der Waals surface area contributed by atoms with E-state index >= 15 is 0 Å². The van der Waals surface area contributed by atoms with Crippen LogP contribution in [0.1, 0.15) is 21.6 Å². The van der Waals surface area contributed by atoms with E-state index in [9.17, 15) is 26.4 Å². The van der Waals surface area contributed by atoms with Gasteiger partial charge in [0.25, 0.3) is 5.91 Å². The monoisotopic (exact) mass is 465 g/mol. The quantitative estimate of drug-likeness (QED) is 0.494. The average Bonchev–Trinajstić information content (AvgIpc) is 2.78. The smallest absolute Gasteiger partial charge is 0.355 e. The number of hydrogen-bond acceptors (Lipinski definition) is 6. The SMILES string of the molecule is CNS(=O)(=O)c1ccc(Nc2ccc(C(F)(F)F)cc2)c(C(=O)NCc2cccnn2)c1. The fourth-order valence-electron chi connectivity index (χ4n) is 2.70. The standard InChI is InChI=1S/C20H18F3N5O3S/c1-24-32(30,31)16-8-9-18(27-14-6-4-13(5-7-14)20(21,22)23)17(11-16)19(29)25-12-15-3-2-10-26-28-15/h2-11,24,27H,12H2,1H3,(H,25,29). The Kier molecular flexibility index (Phi) is 6.75. The van der Waals surface area contributed by atoms with E-state index in [1.807, 2.05) is 0 Å². The lowest BCUT2D eigenvalue weighted by Gasteiger charge is -2.15. The zero-order valence-electron chi connectivity index (χ0n) is 16.6. The topological polar surface area (TPSA) is 113 Å². The Balaban J connectivity index is 1.91. The summed E-state index contributed by atoms with van der Waals surface area (Å²) in [6.07, 6.45) is -3.00. The number of halogens is 3. The van der Waals surface area contributed by atoms with Crippen LogP contribution in [0.3, 0.4) is 0 Å². The van der Waals surface area contributed by atoms with E-state index in [0.717, 1.165) is 12.1 Å². The van der Waals surface area contributed by atoms with Crippen molar-refractivity contribution in [2.45, 2.75) is 17.6 Å². The van der Waals surface area contributed by atoms with Gasteiger partial charge in [0.2, 0.25) is 10.0 Å². The number of rotatable bonds is 7. The zero-order valence-corrected chi connectivity index (χ0v) is 17.5. The molecule has 0 unspecified atom stereocenters. The Morgan fingerprint density at radius 1 is 1.06 bits per heavy atom. The van der Waals surface area contributed by atoms with Crippen molar-refractivity contribution in [3.63, 3.8) is 0 Å². The molecule has 0 aliphatic heterocycles. The molecule has 3 N–H and O–H groups in total. The molecule has 0 atom stereocenters. The highest BCUT2D eigenvalue weighted by molar-refractivity contribution is 7.89. The largest absolute Gasteiger partial charge is 0.416 e. The Morgan fingerprint density at radius 2 is 1.78 bits per heavy atom. The second-order valence-electron chi connectivity index (χ2n) is 6.51. The lowest BCUT2D eigenvalue weighted by atomic mass is 10.1. The molecular formula is C20H18F3N5O3S. The van der Waals surface area contributed by atoms with E-state index < -0.39 is 27.7 Å². The molecule has 0 radical (unpaired) electrons. The molecule has 3 rings (SSSR count). The second-order valence-corrected chi connectivity index (χ2v) is 8.40. The fraction of sp³-hybridized carbons (Fsp3) is 0.150. The highest BCUT2D eigenvalue weighted by Gasteiger charge is 2.30. The van der Waals surface area contributed by atoms with Crippen molar-refractivity contribution in [1.82, 2.24) is 20.2 Å². The number of carbonyl (C=O) groups is 1. The Bertz CT molecular complexity index is 1200. The number of alkyl halides is 3. The predicted octanol–water partition coefficient (Wildman–Crippen LogP) is 3.08. The molecule has 0 fully saturated rings. The molecule has 0 saturated carbocycles. The van der Waals surface area contributed by atoms with Gasteiger partial charge in [0, 0.05) is 11.9 Å². The van der Waals surface area contributed by atoms with Crippen LogP contribution >= 0.6 is 0 Å². The van der Waals surface area contributed by atoms with Crippen molar-refractivity contribution >= 4 is 27.3 Å². The number of anilines is 2. The van der Waals surface area contributed by atoms with E-state index in [1.54, 1.807) is 12.1 Å². The van der Waals surface area contributed by atoms with Crippen LogP contribution in [0.15, 0.2) is 65.7 Å². The van der Waals surface area contributed by atoms with Crippen molar-refractivity contribution in [2.75, 3.05) is 12.4 Å². The molecule has 1 aromatic heterocycles. The molecular weight excluding hydrogens is 447 g/mol. The first kappa shape index (κ1) is 23.2. The number of nitrogens with one attached hydrogen (secondary N) is 3. The predicted molar refractivity (Wildman–Crippen MR) is 111 cm³/mol. The van der Waals surface area contributed by atoms with Crippen LogP contribution in [-0.4, -0.2) is 31.6 Å². The van der Waals surface area contributed by atoms with Crippen LogP contribution in [0.2, 0.25) is 0 Å². The maximum atomic E-state index is 12.8. The minimum absolute atomic E-state index is 0.0230. The maximum Gasteiger partial charge on any atom is 0.416 e. The molecule has 0 bridgehead atoms. The van der Waals surface area contributed by atoms with Crippen molar-refractivity contribution in [3.8, 4) is 0 Å². The molecule has 1 amide bonds. The van der Waals surface area contributed by atoms with E-state index in [2.05, 4.69) is 25.6 Å². The summed E-state index contributed by atoms with van der Waals surface area (Å²) in [5.41, 5.74) is 0.129. The molecule has 0 saturated heterocycles. The normalized spacial score (nSPS) is 11.8. The molecule has 8 nitrogen and oxygen atoms in total. The number of aromatic nitrogens is 2. The molecule has 12 heteroatoms. The van der Waals surface area contributed by atoms with Crippen LogP contribution in [0, 0.1) is 0 Å². The molecule has 0 aliphatic carbocycles. The number of sulfonamides is 1. The lowest BCUT2D eigenvalue weighted by molar-refractivity contribution is -0.137. The Morgan fingerprint density at radius 3 is 2.38 bits per heavy atom. The van der Waals surface area contributed by atoms with E-state index in [-0.39, 0.29) is 28.4 Å². The molecule has 32 heavy (non-hydrogen) atoms. The van der Waals surface area contributed by atoms with Crippen LogP contribution in [0.4, 0.5) is 24.5 Å². The van der Waals surface area contributed by atoms with Gasteiger partial charge in [-0.15, -0.1) is 0 Å². The van der Waals surface area contributed by atoms with Crippen molar-refractivity contribution in [3.05, 3.63) is 77.6 Å². The van der Waals surface area contributed by atoms with Crippen molar-refractivity contribution in [2.24, 2.45) is 0 Å². The molecule has 2 aromatic carbocycles. The van der Waals surface area contributed by atoms with Gasteiger partial charge in [-0.1, -0.05) is 0 Å². The summed E-state index contributed by atoms with van der Waals surface area (Å²) in [7, 11) is -2.60. The number of hydrogen-bond donors (Lipinski definition) is 3. The third-order valence-electron chi connectivity index (χ3n) is 4.36. The summed E-state index contributed by atoms with van der Waals surface area (Å²) in [6, 6.07) is 11.3. The van der Waals surface area contributed by atoms with Gasteiger partial charge >= 0.3 is 6.18 Å². The molecule has 0 aliphatic rings. The lowest BCUT2D eigenvalue weighted by Crippen LogP contribution is -2.25. The van der Waals surface area contributed by atoms with Gasteiger partial charge in [-0.3, -0.25) is 4.79 Å².